The van der Waals surface area contributed by atoms with Crippen LogP contribution in [0, 0.1) is 10.1 Å². The molecule has 0 bridgehead atoms. The van der Waals surface area contributed by atoms with Crippen molar-refractivity contribution in [3.05, 3.63) is 69.8 Å². The first-order chi connectivity index (χ1) is 11.0. The van der Waals surface area contributed by atoms with Gasteiger partial charge in [0.05, 0.1) is 22.7 Å². The molecule has 7 nitrogen and oxygen atoms in total. The number of nitro groups is 1. The van der Waals surface area contributed by atoms with E-state index in [0.29, 0.717) is 5.69 Å². The van der Waals surface area contributed by atoms with Gasteiger partial charge in [0.25, 0.3) is 17.4 Å². The summed E-state index contributed by atoms with van der Waals surface area (Å²) in [5, 5.41) is 10.8. The molecule has 1 aliphatic heterocycles. The van der Waals surface area contributed by atoms with Crippen molar-refractivity contribution in [1.29, 1.82) is 0 Å². The summed E-state index contributed by atoms with van der Waals surface area (Å²) in [5.41, 5.74) is 0.537. The van der Waals surface area contributed by atoms with E-state index in [1.165, 1.54) is 24.3 Å². The van der Waals surface area contributed by atoms with Crippen LogP contribution in [0.25, 0.3) is 0 Å². The summed E-state index contributed by atoms with van der Waals surface area (Å²) in [7, 11) is 0. The standard InChI is InChI=1S/C16H10N2O5/c19-14(10-4-3-5-11(8-10)18(22)23)9-17-13-7-2-1-6-12(13)15(20)16(17)21/h1-8H,9H2. The molecule has 0 radical (unpaired) electrons. The van der Waals surface area contributed by atoms with Gasteiger partial charge in [0.15, 0.2) is 5.78 Å². The van der Waals surface area contributed by atoms with E-state index in [2.05, 4.69) is 0 Å². The van der Waals surface area contributed by atoms with E-state index in [1.54, 1.807) is 18.2 Å². The molecule has 2 aromatic carbocycles. The maximum Gasteiger partial charge on any atom is 0.299 e. The number of rotatable bonds is 4. The van der Waals surface area contributed by atoms with Crippen molar-refractivity contribution < 1.29 is 19.3 Å². The van der Waals surface area contributed by atoms with Crippen LogP contribution in [-0.2, 0) is 4.79 Å². The number of nitro benzene ring substituents is 1. The highest BCUT2D eigenvalue weighted by Crippen LogP contribution is 2.28. The largest absolute Gasteiger partial charge is 0.299 e. The van der Waals surface area contributed by atoms with Crippen LogP contribution in [0.15, 0.2) is 48.5 Å². The molecule has 0 aromatic heterocycles. The van der Waals surface area contributed by atoms with Gasteiger partial charge in [-0.2, -0.15) is 0 Å². The Balaban J connectivity index is 1.89. The minimum Gasteiger partial charge on any atom is -0.297 e. The molecular formula is C16H10N2O5. The average molecular weight is 310 g/mol. The Kier molecular flexibility index (Phi) is 3.46. The summed E-state index contributed by atoms with van der Waals surface area (Å²) in [4.78, 5) is 47.5. The molecule has 1 heterocycles. The Morgan fingerprint density at radius 3 is 2.57 bits per heavy atom. The van der Waals surface area contributed by atoms with Crippen molar-refractivity contribution >= 4 is 28.8 Å². The highest BCUT2D eigenvalue weighted by molar-refractivity contribution is 6.52. The minimum atomic E-state index is -0.773. The van der Waals surface area contributed by atoms with Gasteiger partial charge in [-0.25, -0.2) is 0 Å². The number of carbonyl (C=O) groups excluding carboxylic acids is 3. The lowest BCUT2D eigenvalue weighted by Crippen LogP contribution is -2.34. The zero-order chi connectivity index (χ0) is 16.6. The highest BCUT2D eigenvalue weighted by atomic mass is 16.6. The van der Waals surface area contributed by atoms with E-state index in [4.69, 9.17) is 0 Å². The summed E-state index contributed by atoms with van der Waals surface area (Å²) < 4.78 is 0. The number of Topliss-reactive ketones (excluding diaryl/α,β-unsaturated/α-hetero) is 2. The maximum absolute atomic E-state index is 12.3. The zero-order valence-corrected chi connectivity index (χ0v) is 11.8. The lowest BCUT2D eigenvalue weighted by Gasteiger charge is -2.15. The number of para-hydroxylation sites is 1. The second-order valence-electron chi connectivity index (χ2n) is 4.97. The zero-order valence-electron chi connectivity index (χ0n) is 11.8. The van der Waals surface area contributed by atoms with Crippen molar-refractivity contribution in [2.24, 2.45) is 0 Å². The number of benzene rings is 2. The van der Waals surface area contributed by atoms with Crippen LogP contribution in [0.2, 0.25) is 0 Å². The number of non-ortho nitro benzene ring substituents is 1. The smallest absolute Gasteiger partial charge is 0.297 e. The Morgan fingerprint density at radius 1 is 1.09 bits per heavy atom. The van der Waals surface area contributed by atoms with Gasteiger partial charge in [-0.05, 0) is 12.1 Å². The van der Waals surface area contributed by atoms with Gasteiger partial charge in [0.1, 0.15) is 0 Å². The average Bonchev–Trinajstić information content (AvgIpc) is 2.80. The molecule has 0 aliphatic carbocycles. The van der Waals surface area contributed by atoms with Crippen LogP contribution >= 0.6 is 0 Å². The molecule has 2 aromatic rings. The number of hydrogen-bond acceptors (Lipinski definition) is 5. The van der Waals surface area contributed by atoms with Crippen LogP contribution in [0.4, 0.5) is 11.4 Å². The van der Waals surface area contributed by atoms with Crippen molar-refractivity contribution in [3.63, 3.8) is 0 Å². The van der Waals surface area contributed by atoms with Gasteiger partial charge in [0.2, 0.25) is 0 Å². The molecular weight excluding hydrogens is 300 g/mol. The second kappa shape index (κ2) is 5.45. The van der Waals surface area contributed by atoms with Crippen molar-refractivity contribution in [2.45, 2.75) is 0 Å². The summed E-state index contributed by atoms with van der Waals surface area (Å²) in [5.74, 6) is -1.91. The first-order valence-electron chi connectivity index (χ1n) is 6.72. The molecule has 0 fully saturated rings. The molecule has 114 valence electrons. The van der Waals surface area contributed by atoms with Gasteiger partial charge < -0.3 is 0 Å². The third-order valence-electron chi connectivity index (χ3n) is 3.56. The third kappa shape index (κ3) is 2.48. The minimum absolute atomic E-state index is 0.115. The van der Waals surface area contributed by atoms with Gasteiger partial charge in [0, 0.05) is 17.7 Å². The fourth-order valence-corrected chi connectivity index (χ4v) is 2.43. The number of hydrogen-bond donors (Lipinski definition) is 0. The van der Waals surface area contributed by atoms with E-state index in [9.17, 15) is 24.5 Å². The third-order valence-corrected chi connectivity index (χ3v) is 3.56. The molecule has 1 aliphatic rings. The maximum atomic E-state index is 12.3. The van der Waals surface area contributed by atoms with Crippen LogP contribution in [0.5, 0.6) is 0 Å². The molecule has 3 rings (SSSR count). The Labute approximate surface area is 130 Å². The summed E-state index contributed by atoms with van der Waals surface area (Å²) in [6, 6.07) is 11.7. The van der Waals surface area contributed by atoms with Gasteiger partial charge in [-0.15, -0.1) is 0 Å². The van der Waals surface area contributed by atoms with Gasteiger partial charge in [-0.1, -0.05) is 24.3 Å². The Hall–Kier alpha value is -3.35. The number of amides is 1. The van der Waals surface area contributed by atoms with Crippen LogP contribution in [-0.4, -0.2) is 28.9 Å². The van der Waals surface area contributed by atoms with E-state index < -0.39 is 22.4 Å². The highest BCUT2D eigenvalue weighted by Gasteiger charge is 2.36. The molecule has 0 atom stereocenters. The van der Waals surface area contributed by atoms with Gasteiger partial charge >= 0.3 is 0 Å². The molecule has 0 saturated carbocycles. The van der Waals surface area contributed by atoms with E-state index >= 15 is 0 Å². The van der Waals surface area contributed by atoms with Crippen molar-refractivity contribution in [1.82, 2.24) is 0 Å². The monoisotopic (exact) mass is 310 g/mol. The number of anilines is 1. The van der Waals surface area contributed by atoms with E-state index in [1.807, 2.05) is 0 Å². The molecule has 23 heavy (non-hydrogen) atoms. The number of nitrogens with zero attached hydrogens (tertiary/aromatic N) is 2. The number of ketones is 2. The molecule has 0 N–H and O–H groups in total. The van der Waals surface area contributed by atoms with Crippen LogP contribution in [0.1, 0.15) is 20.7 Å². The second-order valence-corrected chi connectivity index (χ2v) is 4.97. The first-order valence-corrected chi connectivity index (χ1v) is 6.72. The SMILES string of the molecule is O=C(CN1C(=O)C(=O)c2ccccc21)c1cccc([N+](=O)[O-])c1. The van der Waals surface area contributed by atoms with Crippen molar-refractivity contribution in [3.8, 4) is 0 Å². The predicted molar refractivity (Wildman–Crippen MR) is 80.6 cm³/mol. The summed E-state index contributed by atoms with van der Waals surface area (Å²) in [6.07, 6.45) is 0. The van der Waals surface area contributed by atoms with Gasteiger partial charge in [-0.3, -0.25) is 29.4 Å². The topological polar surface area (TPSA) is 97.6 Å². The van der Waals surface area contributed by atoms with Crippen LogP contribution < -0.4 is 4.90 Å². The number of carbonyl (C=O) groups is 3. The van der Waals surface area contributed by atoms with E-state index in [0.717, 1.165) is 11.0 Å². The molecule has 7 heteroatoms. The lowest BCUT2D eigenvalue weighted by molar-refractivity contribution is -0.384. The summed E-state index contributed by atoms with van der Waals surface area (Å²) >= 11 is 0. The Bertz CT molecular complexity index is 859. The lowest BCUT2D eigenvalue weighted by atomic mass is 10.1. The molecule has 0 saturated heterocycles. The quantitative estimate of drug-likeness (QED) is 0.372. The van der Waals surface area contributed by atoms with Crippen molar-refractivity contribution in [2.75, 3.05) is 11.4 Å². The Morgan fingerprint density at radius 2 is 1.83 bits per heavy atom. The molecule has 0 unspecified atom stereocenters. The molecule has 1 amide bonds. The predicted octanol–water partition coefficient (Wildman–Crippen LogP) is 2.01. The van der Waals surface area contributed by atoms with Crippen LogP contribution in [0.3, 0.4) is 0 Å². The fraction of sp³-hybridized carbons (Fsp3) is 0.0625. The summed E-state index contributed by atoms with van der Waals surface area (Å²) in [6.45, 7) is -0.344. The fourth-order valence-electron chi connectivity index (χ4n) is 2.43. The molecule has 0 spiro atoms. The number of fused-ring (bicyclic) bond motifs is 1. The van der Waals surface area contributed by atoms with E-state index in [-0.39, 0.29) is 23.4 Å². The first kappa shape index (κ1) is 14.6. The normalized spacial score (nSPS) is 13.1.